The second-order valence-electron chi connectivity index (χ2n) is 5.36. The second-order valence-corrected chi connectivity index (χ2v) is 6.47. The van der Waals surface area contributed by atoms with Crippen molar-refractivity contribution in [1.82, 2.24) is 4.98 Å². The molecule has 0 aliphatic rings. The third-order valence-corrected chi connectivity index (χ3v) is 4.49. The molecule has 0 saturated heterocycles. The highest BCUT2D eigenvalue weighted by Gasteiger charge is 2.09. The second kappa shape index (κ2) is 6.42. The summed E-state index contributed by atoms with van der Waals surface area (Å²) in [5.74, 6) is 0.569. The van der Waals surface area contributed by atoms with Crippen LogP contribution in [0.15, 0.2) is 40.1 Å². The Bertz CT molecular complexity index is 589. The van der Waals surface area contributed by atoms with Gasteiger partial charge in [0.05, 0.1) is 0 Å². The predicted molar refractivity (Wildman–Crippen MR) is 86.3 cm³/mol. The van der Waals surface area contributed by atoms with Gasteiger partial charge in [0.25, 0.3) is 0 Å². The molecule has 1 aromatic carbocycles. The number of benzene rings is 1. The summed E-state index contributed by atoms with van der Waals surface area (Å²) in [7, 11) is 0. The molecule has 0 fully saturated rings. The zero-order chi connectivity index (χ0) is 14.7. The van der Waals surface area contributed by atoms with Crippen LogP contribution in [0.4, 0.5) is 0 Å². The first-order valence-corrected chi connectivity index (χ1v) is 7.78. The minimum Gasteiger partial charge on any atom is -0.326 e. The molecule has 2 rings (SSSR count). The van der Waals surface area contributed by atoms with E-state index in [0.29, 0.717) is 12.5 Å². The third-order valence-electron chi connectivity index (χ3n) is 3.40. The molecule has 2 N–H and O–H groups in total. The summed E-state index contributed by atoms with van der Waals surface area (Å²) in [6.07, 6.45) is 0. The number of aromatic nitrogens is 1. The summed E-state index contributed by atoms with van der Waals surface area (Å²) in [6.45, 7) is 9.01. The quantitative estimate of drug-likeness (QED) is 0.903. The molecule has 20 heavy (non-hydrogen) atoms. The largest absolute Gasteiger partial charge is 0.326 e. The van der Waals surface area contributed by atoms with Gasteiger partial charge in [-0.3, -0.25) is 4.98 Å². The first-order valence-electron chi connectivity index (χ1n) is 6.96. The smallest absolute Gasteiger partial charge is 0.0432 e. The number of aryl methyl sites for hydroxylation is 2. The molecule has 0 bridgehead atoms. The van der Waals surface area contributed by atoms with Crippen molar-refractivity contribution in [2.24, 2.45) is 5.73 Å². The molecule has 2 aromatic rings. The minimum absolute atomic E-state index is 0.533. The number of pyridine rings is 1. The summed E-state index contributed by atoms with van der Waals surface area (Å²) >= 11 is 1.77. The average molecular weight is 286 g/mol. The van der Waals surface area contributed by atoms with Crippen LogP contribution in [0.5, 0.6) is 0 Å². The van der Waals surface area contributed by atoms with Gasteiger partial charge in [0.2, 0.25) is 0 Å². The fourth-order valence-electron chi connectivity index (χ4n) is 2.21. The first kappa shape index (κ1) is 15.1. The molecule has 106 valence electrons. The molecule has 0 radical (unpaired) electrons. The maximum Gasteiger partial charge on any atom is 0.0432 e. The summed E-state index contributed by atoms with van der Waals surface area (Å²) in [5.41, 5.74) is 10.5. The topological polar surface area (TPSA) is 38.9 Å². The van der Waals surface area contributed by atoms with Gasteiger partial charge >= 0.3 is 0 Å². The number of hydrogen-bond donors (Lipinski definition) is 1. The summed E-state index contributed by atoms with van der Waals surface area (Å²) in [4.78, 5) is 6.95. The maximum atomic E-state index is 5.87. The van der Waals surface area contributed by atoms with Crippen molar-refractivity contribution in [2.75, 3.05) is 0 Å². The minimum atomic E-state index is 0.533. The van der Waals surface area contributed by atoms with E-state index in [1.165, 1.54) is 15.4 Å². The lowest BCUT2D eigenvalue weighted by Gasteiger charge is -2.12. The number of hydrogen-bond acceptors (Lipinski definition) is 3. The van der Waals surface area contributed by atoms with Crippen LogP contribution in [0.3, 0.4) is 0 Å². The first-order chi connectivity index (χ1) is 9.51. The van der Waals surface area contributed by atoms with Crippen LogP contribution < -0.4 is 5.73 Å². The van der Waals surface area contributed by atoms with Crippen molar-refractivity contribution in [1.29, 1.82) is 0 Å². The summed E-state index contributed by atoms with van der Waals surface area (Å²) in [5, 5.41) is 0. The van der Waals surface area contributed by atoms with E-state index in [9.17, 15) is 0 Å². The molecule has 0 aliphatic carbocycles. The molecule has 3 heteroatoms. The molecule has 1 aromatic heterocycles. The van der Waals surface area contributed by atoms with E-state index >= 15 is 0 Å². The number of nitrogens with zero attached hydrogens (tertiary/aromatic N) is 1. The van der Waals surface area contributed by atoms with Crippen molar-refractivity contribution >= 4 is 11.8 Å². The van der Waals surface area contributed by atoms with Crippen molar-refractivity contribution in [2.45, 2.75) is 49.9 Å². The van der Waals surface area contributed by atoms with Gasteiger partial charge < -0.3 is 5.73 Å². The Morgan fingerprint density at radius 2 is 1.80 bits per heavy atom. The van der Waals surface area contributed by atoms with E-state index in [4.69, 9.17) is 5.73 Å². The van der Waals surface area contributed by atoms with Crippen molar-refractivity contribution in [3.8, 4) is 0 Å². The highest BCUT2D eigenvalue weighted by molar-refractivity contribution is 7.99. The lowest BCUT2D eigenvalue weighted by Crippen LogP contribution is -2.04. The Labute approximate surface area is 125 Å². The van der Waals surface area contributed by atoms with Gasteiger partial charge in [0.15, 0.2) is 0 Å². The Kier molecular flexibility index (Phi) is 4.84. The lowest BCUT2D eigenvalue weighted by molar-refractivity contribution is 0.865. The zero-order valence-electron chi connectivity index (χ0n) is 12.6. The van der Waals surface area contributed by atoms with E-state index < -0.39 is 0 Å². The molecule has 1 heterocycles. The summed E-state index contributed by atoms with van der Waals surface area (Å²) in [6, 6.07) is 10.9. The van der Waals surface area contributed by atoms with Crippen molar-refractivity contribution in [3.05, 3.63) is 52.8 Å². The molecule has 0 unspecified atom stereocenters. The van der Waals surface area contributed by atoms with Gasteiger partial charge in [-0.15, -0.1) is 0 Å². The van der Waals surface area contributed by atoms with E-state index in [2.05, 4.69) is 49.2 Å². The fourth-order valence-corrected chi connectivity index (χ4v) is 3.32. The van der Waals surface area contributed by atoms with Gasteiger partial charge in [0, 0.05) is 33.3 Å². The highest BCUT2D eigenvalue weighted by atomic mass is 32.2. The molecule has 0 aliphatic heterocycles. The molecular weight excluding hydrogens is 264 g/mol. The van der Waals surface area contributed by atoms with Crippen LogP contribution in [0.2, 0.25) is 0 Å². The molecule has 0 saturated carbocycles. The third kappa shape index (κ3) is 3.41. The van der Waals surface area contributed by atoms with E-state index in [1.807, 2.05) is 13.8 Å². The van der Waals surface area contributed by atoms with Gasteiger partial charge in [0.1, 0.15) is 0 Å². The number of nitrogens with two attached hydrogens (primary N) is 1. The van der Waals surface area contributed by atoms with Crippen LogP contribution in [0.1, 0.15) is 42.3 Å². The van der Waals surface area contributed by atoms with E-state index in [-0.39, 0.29) is 0 Å². The highest BCUT2D eigenvalue weighted by Crippen LogP contribution is 2.32. The van der Waals surface area contributed by atoms with Gasteiger partial charge in [-0.1, -0.05) is 37.7 Å². The SMILES string of the molecule is Cc1cc(Sc2ccc(C(C)C)cc2)c(CN)c(C)n1. The van der Waals surface area contributed by atoms with Crippen LogP contribution in [0, 0.1) is 13.8 Å². The maximum absolute atomic E-state index is 5.87. The Morgan fingerprint density at radius 1 is 1.15 bits per heavy atom. The fraction of sp³-hybridized carbons (Fsp3) is 0.353. The zero-order valence-corrected chi connectivity index (χ0v) is 13.4. The molecule has 2 nitrogen and oxygen atoms in total. The average Bonchev–Trinajstić information content (AvgIpc) is 2.39. The number of rotatable bonds is 4. The van der Waals surface area contributed by atoms with Crippen molar-refractivity contribution in [3.63, 3.8) is 0 Å². The standard InChI is InChI=1S/C17H22N2S/c1-11(2)14-5-7-15(8-6-14)20-17-9-12(3)19-13(4)16(17)10-18/h5-9,11H,10,18H2,1-4H3. The Balaban J connectivity index is 2.29. The molecule has 0 spiro atoms. The molecule has 0 amide bonds. The Hall–Kier alpha value is -1.32. The van der Waals surface area contributed by atoms with Crippen LogP contribution in [-0.4, -0.2) is 4.98 Å². The van der Waals surface area contributed by atoms with Gasteiger partial charge in [-0.2, -0.15) is 0 Å². The van der Waals surface area contributed by atoms with Gasteiger partial charge in [-0.25, -0.2) is 0 Å². The van der Waals surface area contributed by atoms with Gasteiger partial charge in [-0.05, 0) is 43.5 Å². The lowest BCUT2D eigenvalue weighted by atomic mass is 10.0. The van der Waals surface area contributed by atoms with Crippen molar-refractivity contribution < 1.29 is 0 Å². The van der Waals surface area contributed by atoms with E-state index in [1.54, 1.807) is 11.8 Å². The van der Waals surface area contributed by atoms with Crippen LogP contribution in [0.25, 0.3) is 0 Å². The monoisotopic (exact) mass is 286 g/mol. The molecular formula is C17H22N2S. The van der Waals surface area contributed by atoms with E-state index in [0.717, 1.165) is 17.0 Å². The normalized spacial score (nSPS) is 11.1. The Morgan fingerprint density at radius 3 is 2.35 bits per heavy atom. The van der Waals surface area contributed by atoms with Crippen LogP contribution >= 0.6 is 11.8 Å². The molecule has 0 atom stereocenters. The predicted octanol–water partition coefficient (Wildman–Crippen LogP) is 4.43. The van der Waals surface area contributed by atoms with Crippen LogP contribution in [-0.2, 0) is 6.54 Å². The summed E-state index contributed by atoms with van der Waals surface area (Å²) < 4.78 is 0.